The third-order valence-electron chi connectivity index (χ3n) is 2.70. The fourth-order valence-electron chi connectivity index (χ4n) is 1.83. The van der Waals surface area contributed by atoms with Crippen LogP contribution in [0.5, 0.6) is 0 Å². The number of carboxylic acids is 1. The summed E-state index contributed by atoms with van der Waals surface area (Å²) in [6.45, 7) is 5.26. The van der Waals surface area contributed by atoms with Crippen LogP contribution in [-0.2, 0) is 20.7 Å². The minimum atomic E-state index is -1.08. The molecule has 4 nitrogen and oxygen atoms in total. The Morgan fingerprint density at radius 3 is 2.33 bits per heavy atom. The van der Waals surface area contributed by atoms with E-state index >= 15 is 0 Å². The number of hydrogen-bond acceptors (Lipinski definition) is 3. The number of aliphatic carboxylic acids is 1. The van der Waals surface area contributed by atoms with Crippen LogP contribution in [0, 0.1) is 0 Å². The molecule has 21 heavy (non-hydrogen) atoms. The molecule has 4 heteroatoms. The number of ether oxygens (including phenoxy) is 1. The Balaban J connectivity index is 2.58. The molecule has 0 aliphatic heterocycles. The molecule has 1 aromatic carbocycles. The van der Waals surface area contributed by atoms with Gasteiger partial charge < -0.3 is 9.84 Å². The van der Waals surface area contributed by atoms with Gasteiger partial charge in [-0.15, -0.1) is 0 Å². The van der Waals surface area contributed by atoms with Crippen molar-refractivity contribution in [1.82, 2.24) is 0 Å². The highest BCUT2D eigenvalue weighted by Crippen LogP contribution is 2.13. The number of aryl methyl sites for hydroxylation is 1. The molecule has 0 radical (unpaired) electrons. The fraction of sp³-hybridized carbons (Fsp3) is 0.412. The first kappa shape index (κ1) is 17.0. The number of carboxylic acid groups (broad SMARTS) is 1. The van der Waals surface area contributed by atoms with E-state index in [0.29, 0.717) is 6.42 Å². The van der Waals surface area contributed by atoms with Gasteiger partial charge in [0.15, 0.2) is 0 Å². The summed E-state index contributed by atoms with van der Waals surface area (Å²) in [5.74, 6) is -1.59. The maximum Gasteiger partial charge on any atom is 0.331 e. The maximum atomic E-state index is 11.7. The van der Waals surface area contributed by atoms with Gasteiger partial charge in [-0.25, -0.2) is 4.79 Å². The van der Waals surface area contributed by atoms with Crippen LogP contribution >= 0.6 is 0 Å². The number of hydrogen-bond donors (Lipinski definition) is 1. The summed E-state index contributed by atoms with van der Waals surface area (Å²) < 4.78 is 5.14. The molecule has 1 aromatic rings. The second kappa shape index (κ2) is 7.62. The van der Waals surface area contributed by atoms with Crippen molar-refractivity contribution in [2.24, 2.45) is 0 Å². The van der Waals surface area contributed by atoms with Gasteiger partial charge in [-0.2, -0.15) is 0 Å². The number of carbonyl (C=O) groups excluding carboxylic acids is 1. The molecule has 0 heterocycles. The number of rotatable bonds is 6. The lowest BCUT2D eigenvalue weighted by Gasteiger charge is -2.19. The van der Waals surface area contributed by atoms with Crippen LogP contribution in [0.15, 0.2) is 42.0 Å². The van der Waals surface area contributed by atoms with Crippen molar-refractivity contribution in [3.63, 3.8) is 0 Å². The van der Waals surface area contributed by atoms with Crippen molar-refractivity contribution in [3.8, 4) is 0 Å². The van der Waals surface area contributed by atoms with Crippen molar-refractivity contribution in [3.05, 3.63) is 47.5 Å². The second-order valence-corrected chi connectivity index (χ2v) is 5.82. The van der Waals surface area contributed by atoms with Gasteiger partial charge in [-0.05, 0) is 39.2 Å². The lowest BCUT2D eigenvalue weighted by atomic mass is 10.1. The summed E-state index contributed by atoms with van der Waals surface area (Å²) in [6, 6.07) is 9.80. The van der Waals surface area contributed by atoms with E-state index in [0.717, 1.165) is 12.0 Å². The van der Waals surface area contributed by atoms with Crippen LogP contribution in [0.25, 0.3) is 0 Å². The molecule has 0 unspecified atom stereocenters. The lowest BCUT2D eigenvalue weighted by molar-refractivity contribution is -0.155. The average Bonchev–Trinajstić information content (AvgIpc) is 2.36. The van der Waals surface area contributed by atoms with Crippen molar-refractivity contribution in [1.29, 1.82) is 0 Å². The van der Waals surface area contributed by atoms with Gasteiger partial charge in [0.1, 0.15) is 5.60 Å². The molecule has 0 aliphatic carbocycles. The molecule has 0 saturated heterocycles. The Hall–Kier alpha value is -2.10. The average molecular weight is 290 g/mol. The Kier molecular flexibility index (Phi) is 6.15. The minimum Gasteiger partial charge on any atom is -0.478 e. The minimum absolute atomic E-state index is 0.0835. The monoisotopic (exact) mass is 290 g/mol. The summed E-state index contributed by atoms with van der Waals surface area (Å²) in [6.07, 6.45) is 2.71. The highest BCUT2D eigenvalue weighted by Gasteiger charge is 2.19. The van der Waals surface area contributed by atoms with E-state index in [1.807, 2.05) is 30.3 Å². The topological polar surface area (TPSA) is 63.6 Å². The molecule has 0 aromatic heterocycles. The molecule has 0 fully saturated rings. The van der Waals surface area contributed by atoms with Gasteiger partial charge in [0.05, 0.1) is 6.42 Å². The summed E-state index contributed by atoms with van der Waals surface area (Å²) >= 11 is 0. The first-order valence-electron chi connectivity index (χ1n) is 6.96. The third kappa shape index (κ3) is 7.30. The largest absolute Gasteiger partial charge is 0.478 e. The Morgan fingerprint density at radius 1 is 1.19 bits per heavy atom. The molecule has 0 saturated carbocycles. The smallest absolute Gasteiger partial charge is 0.331 e. The van der Waals surface area contributed by atoms with E-state index in [2.05, 4.69) is 0 Å². The first-order chi connectivity index (χ1) is 9.78. The van der Waals surface area contributed by atoms with Crippen LogP contribution < -0.4 is 0 Å². The molecule has 0 amide bonds. The van der Waals surface area contributed by atoms with Crippen LogP contribution in [0.3, 0.4) is 0 Å². The van der Waals surface area contributed by atoms with Gasteiger partial charge in [0.25, 0.3) is 0 Å². The molecule has 1 N–H and O–H groups in total. The fourth-order valence-corrected chi connectivity index (χ4v) is 1.83. The van der Waals surface area contributed by atoms with Crippen LogP contribution in [0.4, 0.5) is 0 Å². The molecular formula is C17H22O4. The molecule has 1 rings (SSSR count). The third-order valence-corrected chi connectivity index (χ3v) is 2.70. The quantitative estimate of drug-likeness (QED) is 0.644. The second-order valence-electron chi connectivity index (χ2n) is 5.82. The van der Waals surface area contributed by atoms with Gasteiger partial charge in [-0.3, -0.25) is 4.79 Å². The van der Waals surface area contributed by atoms with E-state index in [4.69, 9.17) is 9.84 Å². The number of esters is 1. The van der Waals surface area contributed by atoms with Crippen LogP contribution in [0.1, 0.15) is 39.2 Å². The van der Waals surface area contributed by atoms with E-state index in [1.165, 1.54) is 0 Å². The predicted molar refractivity (Wildman–Crippen MR) is 80.9 cm³/mol. The summed E-state index contributed by atoms with van der Waals surface area (Å²) in [5.41, 5.74) is 0.612. The highest BCUT2D eigenvalue weighted by molar-refractivity contribution is 5.92. The summed E-state index contributed by atoms with van der Waals surface area (Å²) in [4.78, 5) is 22.8. The zero-order chi connectivity index (χ0) is 15.9. The standard InChI is InChI=1S/C17H22O4/c1-17(2,3)21-15(18)12-14(16(19)20)11-7-10-13-8-5-4-6-9-13/h4-6,8-9,11H,7,10,12H2,1-3H3,(H,19,20). The van der Waals surface area contributed by atoms with Crippen molar-refractivity contribution >= 4 is 11.9 Å². The van der Waals surface area contributed by atoms with Crippen molar-refractivity contribution < 1.29 is 19.4 Å². The van der Waals surface area contributed by atoms with E-state index < -0.39 is 17.5 Å². The molecule has 0 atom stereocenters. The van der Waals surface area contributed by atoms with Crippen molar-refractivity contribution in [2.75, 3.05) is 0 Å². The van der Waals surface area contributed by atoms with Gasteiger partial charge >= 0.3 is 11.9 Å². The van der Waals surface area contributed by atoms with Crippen LogP contribution in [-0.4, -0.2) is 22.6 Å². The van der Waals surface area contributed by atoms with Gasteiger partial charge in [0, 0.05) is 5.57 Å². The Labute approximate surface area is 125 Å². The lowest BCUT2D eigenvalue weighted by Crippen LogP contribution is -2.24. The molecule has 114 valence electrons. The Bertz CT molecular complexity index is 509. The summed E-state index contributed by atoms with van der Waals surface area (Å²) in [5, 5.41) is 9.14. The zero-order valence-corrected chi connectivity index (χ0v) is 12.8. The van der Waals surface area contributed by atoms with E-state index in [-0.39, 0.29) is 12.0 Å². The SMILES string of the molecule is CC(C)(C)OC(=O)CC(=CCCc1ccccc1)C(=O)O. The van der Waals surface area contributed by atoms with E-state index in [1.54, 1.807) is 26.8 Å². The van der Waals surface area contributed by atoms with Crippen molar-refractivity contribution in [2.45, 2.75) is 45.6 Å². The number of benzene rings is 1. The molecule has 0 spiro atoms. The number of allylic oxidation sites excluding steroid dienone is 1. The number of carbonyl (C=O) groups is 2. The van der Waals surface area contributed by atoms with Gasteiger partial charge in [0.2, 0.25) is 0 Å². The predicted octanol–water partition coefficient (Wildman–Crippen LogP) is 3.36. The normalized spacial score (nSPS) is 12.0. The molecule has 0 aliphatic rings. The first-order valence-corrected chi connectivity index (χ1v) is 6.96. The molecular weight excluding hydrogens is 268 g/mol. The highest BCUT2D eigenvalue weighted by atomic mass is 16.6. The zero-order valence-electron chi connectivity index (χ0n) is 12.8. The Morgan fingerprint density at radius 2 is 1.81 bits per heavy atom. The maximum absolute atomic E-state index is 11.7. The van der Waals surface area contributed by atoms with Gasteiger partial charge in [-0.1, -0.05) is 36.4 Å². The molecule has 0 bridgehead atoms. The van der Waals surface area contributed by atoms with E-state index in [9.17, 15) is 9.59 Å². The van der Waals surface area contributed by atoms with Crippen LogP contribution in [0.2, 0.25) is 0 Å². The summed E-state index contributed by atoms with van der Waals surface area (Å²) in [7, 11) is 0.